The van der Waals surface area contributed by atoms with Crippen LogP contribution in [0.25, 0.3) is 21.7 Å². The molecule has 200 valence electrons. The Morgan fingerprint density at radius 1 is 1.39 bits per heavy atom. The summed E-state index contributed by atoms with van der Waals surface area (Å²) in [6.07, 6.45) is -1.76. The molecule has 3 atom stereocenters. The first-order valence-corrected chi connectivity index (χ1v) is 12.9. The highest BCUT2D eigenvalue weighted by atomic mass is 32.1. The highest BCUT2D eigenvalue weighted by Gasteiger charge is 2.44. The lowest BCUT2D eigenvalue weighted by molar-refractivity contribution is -0.219. The summed E-state index contributed by atoms with van der Waals surface area (Å²) >= 11 is 1.34. The van der Waals surface area contributed by atoms with Gasteiger partial charge in [0.05, 0.1) is 17.4 Å². The molecule has 3 unspecified atom stereocenters. The van der Waals surface area contributed by atoms with Crippen LogP contribution in [0.3, 0.4) is 0 Å². The first kappa shape index (κ1) is 27.3. The van der Waals surface area contributed by atoms with Crippen molar-refractivity contribution in [3.05, 3.63) is 47.9 Å². The van der Waals surface area contributed by atoms with Gasteiger partial charge in [-0.25, -0.2) is 9.97 Å². The molecule has 0 bridgehead atoms. The summed E-state index contributed by atoms with van der Waals surface area (Å²) in [5.41, 5.74) is 9.22. The van der Waals surface area contributed by atoms with Crippen LogP contribution < -0.4 is 11.2 Å². The number of alkyl halides is 3. The molecule has 2 heterocycles. The second kappa shape index (κ2) is 11.8. The highest BCUT2D eigenvalue weighted by molar-refractivity contribution is 7.13. The highest BCUT2D eigenvalue weighted by Crippen LogP contribution is 2.42. The van der Waals surface area contributed by atoms with Gasteiger partial charge in [0.25, 0.3) is 0 Å². The molecule has 1 aromatic carbocycles. The molecule has 1 aliphatic carbocycles. The molecule has 0 saturated heterocycles. The molecule has 3 aromatic rings. The number of aromatic nitrogens is 2. The lowest BCUT2D eigenvalue weighted by Crippen LogP contribution is -2.29. The largest absolute Gasteiger partial charge is 0.440 e. The Hall–Kier alpha value is -3.69. The number of hydrazone groups is 1. The molecule has 2 aromatic heterocycles. The van der Waals surface area contributed by atoms with E-state index in [-0.39, 0.29) is 34.3 Å². The van der Waals surface area contributed by atoms with E-state index in [0.717, 1.165) is 6.42 Å². The van der Waals surface area contributed by atoms with Gasteiger partial charge in [0.1, 0.15) is 23.0 Å². The first-order valence-electron chi connectivity index (χ1n) is 12.0. The van der Waals surface area contributed by atoms with Gasteiger partial charge in [-0.2, -0.15) is 18.3 Å². The standard InChI is InChI=1S/C26H27F3N6O2S/c1-3-15-8-9-16(21(15)31)6-5-7-20-34-22-17(10-11-18(23(22)37-20)25-32-12-13-38-25)24(26(27,28)29)36-14-19(30)35-33-4-2/h4,10-13,15-16,24,31,33H,2-3,5-7,14H2,1H3,(H2,30,35). The fraction of sp³-hybridized carbons (Fsp3) is 0.385. The number of nitrogens with zero attached hydrogens (tertiary/aromatic N) is 3. The molecule has 0 amide bonds. The summed E-state index contributed by atoms with van der Waals surface area (Å²) < 4.78 is 53.7. The number of aryl methyl sites for hydroxylation is 1. The minimum atomic E-state index is -4.75. The number of hydrogen-bond acceptors (Lipinski definition) is 8. The van der Waals surface area contributed by atoms with E-state index in [9.17, 15) is 13.2 Å². The topological polar surface area (TPSA) is 122 Å². The Balaban J connectivity index is 1.63. The molecule has 4 N–H and O–H groups in total. The van der Waals surface area contributed by atoms with E-state index >= 15 is 0 Å². The van der Waals surface area contributed by atoms with Gasteiger partial charge in [0.2, 0.25) is 0 Å². The van der Waals surface area contributed by atoms with Gasteiger partial charge in [-0.1, -0.05) is 31.4 Å². The van der Waals surface area contributed by atoms with Crippen LogP contribution in [0.1, 0.15) is 43.7 Å². The summed E-state index contributed by atoms with van der Waals surface area (Å²) in [6.45, 7) is 4.83. The van der Waals surface area contributed by atoms with E-state index in [0.29, 0.717) is 41.4 Å². The zero-order chi connectivity index (χ0) is 27.3. The molecule has 0 radical (unpaired) electrons. The molecule has 1 aliphatic rings. The summed E-state index contributed by atoms with van der Waals surface area (Å²) in [5.74, 6) is 6.22. The lowest BCUT2D eigenvalue weighted by Gasteiger charge is -2.21. The summed E-state index contributed by atoms with van der Waals surface area (Å²) in [7, 11) is 0. The maximum absolute atomic E-state index is 14.2. The first-order chi connectivity index (χ1) is 18.2. The van der Waals surface area contributed by atoms with E-state index in [2.05, 4.69) is 38.9 Å². The van der Waals surface area contributed by atoms with Crippen LogP contribution in [0.2, 0.25) is 0 Å². The summed E-state index contributed by atoms with van der Waals surface area (Å²) in [4.78, 5) is 8.75. The van der Waals surface area contributed by atoms with Crippen molar-refractivity contribution in [1.29, 1.82) is 5.41 Å². The average molecular weight is 545 g/mol. The summed E-state index contributed by atoms with van der Waals surface area (Å²) in [5, 5.41) is 14.3. The van der Waals surface area contributed by atoms with Gasteiger partial charge in [-0.05, 0) is 25.3 Å². The third-order valence-corrected chi connectivity index (χ3v) is 6.84. The number of thiazole rings is 1. The van der Waals surface area contributed by atoms with Crippen molar-refractivity contribution in [1.82, 2.24) is 15.4 Å². The second-order valence-corrected chi connectivity index (χ2v) is 9.54. The molecular formula is C26H27F3N6O2S. The molecule has 8 nitrogen and oxygen atoms in total. The quantitative estimate of drug-likeness (QED) is 0.118. The van der Waals surface area contributed by atoms with Crippen molar-refractivity contribution < 1.29 is 22.3 Å². The zero-order valence-corrected chi connectivity index (χ0v) is 21.5. The van der Waals surface area contributed by atoms with Crippen molar-refractivity contribution in [2.45, 2.75) is 44.9 Å². The lowest BCUT2D eigenvalue weighted by atomic mass is 9.93. The molecule has 38 heavy (non-hydrogen) atoms. The van der Waals surface area contributed by atoms with Gasteiger partial charge >= 0.3 is 6.18 Å². The third-order valence-electron chi connectivity index (χ3n) is 6.03. The second-order valence-electron chi connectivity index (χ2n) is 8.64. The maximum Gasteiger partial charge on any atom is 0.418 e. The normalized spacial score (nSPS) is 18.4. The van der Waals surface area contributed by atoms with Crippen molar-refractivity contribution in [2.75, 3.05) is 6.61 Å². The molecule has 0 saturated carbocycles. The number of fused-ring (bicyclic) bond motifs is 1. The predicted molar refractivity (Wildman–Crippen MR) is 141 cm³/mol. The van der Waals surface area contributed by atoms with E-state index in [1.54, 1.807) is 11.6 Å². The molecule has 12 heteroatoms. The monoisotopic (exact) mass is 544 g/mol. The van der Waals surface area contributed by atoms with Gasteiger partial charge in [-0.3, -0.25) is 5.43 Å². The van der Waals surface area contributed by atoms with Crippen LogP contribution in [-0.4, -0.2) is 34.3 Å². The van der Waals surface area contributed by atoms with Gasteiger partial charge in [-0.15, -0.1) is 11.3 Å². The van der Waals surface area contributed by atoms with Gasteiger partial charge in [0.15, 0.2) is 17.6 Å². The van der Waals surface area contributed by atoms with Crippen LogP contribution in [0, 0.1) is 29.1 Å². The average Bonchev–Trinajstić information content (AvgIpc) is 3.63. The van der Waals surface area contributed by atoms with Crippen LogP contribution in [0.15, 0.2) is 46.0 Å². The smallest absolute Gasteiger partial charge is 0.418 e. The van der Waals surface area contributed by atoms with E-state index in [1.165, 1.54) is 29.7 Å². The van der Waals surface area contributed by atoms with Crippen molar-refractivity contribution in [2.24, 2.45) is 22.7 Å². The number of nitrogens with two attached hydrogens (primary N) is 1. The Morgan fingerprint density at radius 2 is 2.18 bits per heavy atom. The predicted octanol–water partition coefficient (Wildman–Crippen LogP) is 5.58. The molecule has 4 rings (SSSR count). The third kappa shape index (κ3) is 6.06. The number of nitrogens with one attached hydrogen (secondary N) is 2. The Morgan fingerprint density at radius 3 is 2.84 bits per heavy atom. The molecule has 0 fully saturated rings. The van der Waals surface area contributed by atoms with Gasteiger partial charge in [0, 0.05) is 35.5 Å². The Kier molecular flexibility index (Phi) is 8.48. The summed E-state index contributed by atoms with van der Waals surface area (Å²) in [6, 6.07) is 2.86. The van der Waals surface area contributed by atoms with Crippen molar-refractivity contribution in [3.63, 3.8) is 0 Å². The fourth-order valence-electron chi connectivity index (χ4n) is 4.21. The number of rotatable bonds is 12. The number of hydrogen-bond donors (Lipinski definition) is 3. The minimum absolute atomic E-state index is 0.00123. The zero-order valence-electron chi connectivity index (χ0n) is 20.6. The number of halogens is 3. The SMILES string of the molecule is C=CNN=C(N)COC(c1ccc(-c2nccs2)c2oc(CCCC3C#CC(CC)C3=N)nc12)C(F)(F)F. The van der Waals surface area contributed by atoms with Crippen molar-refractivity contribution in [3.8, 4) is 22.4 Å². The van der Waals surface area contributed by atoms with Crippen LogP contribution in [-0.2, 0) is 11.2 Å². The minimum Gasteiger partial charge on any atom is -0.440 e. The Bertz CT molecular complexity index is 1390. The number of amidine groups is 1. The van der Waals surface area contributed by atoms with Crippen LogP contribution >= 0.6 is 11.3 Å². The van der Waals surface area contributed by atoms with E-state index in [1.807, 2.05) is 6.92 Å². The number of oxazole rings is 1. The van der Waals surface area contributed by atoms with Gasteiger partial charge < -0.3 is 20.3 Å². The number of benzene rings is 1. The van der Waals surface area contributed by atoms with Crippen molar-refractivity contribution >= 4 is 34.0 Å². The molecule has 0 aliphatic heterocycles. The maximum atomic E-state index is 14.2. The molecule has 0 spiro atoms. The Labute approximate surface area is 221 Å². The molecular weight excluding hydrogens is 517 g/mol. The fourth-order valence-corrected chi connectivity index (χ4v) is 4.87. The van der Waals surface area contributed by atoms with Crippen LogP contribution in [0.5, 0.6) is 0 Å². The van der Waals surface area contributed by atoms with Crippen LogP contribution in [0.4, 0.5) is 13.2 Å². The van der Waals surface area contributed by atoms with E-state index < -0.39 is 18.9 Å². The number of ether oxygens (including phenoxy) is 1. The van der Waals surface area contributed by atoms with E-state index in [4.69, 9.17) is 20.3 Å².